The molecule has 2 heteroatoms. The van der Waals surface area contributed by atoms with Gasteiger partial charge in [0, 0.05) is 0 Å². The van der Waals surface area contributed by atoms with Gasteiger partial charge in [-0.2, -0.15) is 0 Å². The van der Waals surface area contributed by atoms with Gasteiger partial charge in [-0.05, 0) is 83.7 Å². The summed E-state index contributed by atoms with van der Waals surface area (Å²) in [5, 5.41) is 0. The second-order valence-electron chi connectivity index (χ2n) is 5.86. The molecular formula is C16H34N2. The number of nitrogens with zero attached hydrogens (tertiary/aromatic N) is 2. The highest BCUT2D eigenvalue weighted by Crippen LogP contribution is 2.29. The van der Waals surface area contributed by atoms with E-state index in [1.165, 1.54) is 64.8 Å². The van der Waals surface area contributed by atoms with Gasteiger partial charge in [-0.25, -0.2) is 0 Å². The third-order valence-electron chi connectivity index (χ3n) is 4.66. The average molecular weight is 254 g/mol. The van der Waals surface area contributed by atoms with E-state index >= 15 is 0 Å². The Labute approximate surface area is 115 Å². The van der Waals surface area contributed by atoms with Gasteiger partial charge in [0.25, 0.3) is 0 Å². The van der Waals surface area contributed by atoms with Crippen LogP contribution in [-0.2, 0) is 0 Å². The van der Waals surface area contributed by atoms with Crippen molar-refractivity contribution in [2.45, 2.75) is 52.9 Å². The van der Waals surface area contributed by atoms with Crippen LogP contribution < -0.4 is 0 Å². The zero-order chi connectivity index (χ0) is 13.4. The summed E-state index contributed by atoms with van der Waals surface area (Å²) in [6, 6.07) is 0. The van der Waals surface area contributed by atoms with E-state index in [1.807, 2.05) is 13.8 Å². The molecule has 0 aromatic rings. The monoisotopic (exact) mass is 254 g/mol. The average Bonchev–Trinajstić information content (AvgIpc) is 2.44. The van der Waals surface area contributed by atoms with E-state index in [2.05, 4.69) is 23.8 Å². The van der Waals surface area contributed by atoms with Gasteiger partial charge < -0.3 is 9.80 Å². The van der Waals surface area contributed by atoms with Crippen molar-refractivity contribution in [2.75, 3.05) is 39.8 Å². The third-order valence-corrected chi connectivity index (χ3v) is 4.66. The van der Waals surface area contributed by atoms with Crippen LogP contribution >= 0.6 is 0 Å². The Hall–Kier alpha value is -0.0800. The van der Waals surface area contributed by atoms with E-state index in [0.717, 1.165) is 11.8 Å². The maximum atomic E-state index is 2.60. The van der Waals surface area contributed by atoms with Gasteiger partial charge in [-0.15, -0.1) is 0 Å². The Morgan fingerprint density at radius 2 is 1.28 bits per heavy atom. The number of rotatable bonds is 3. The van der Waals surface area contributed by atoms with Crippen molar-refractivity contribution in [2.24, 2.45) is 11.8 Å². The maximum absolute atomic E-state index is 2.60. The van der Waals surface area contributed by atoms with Gasteiger partial charge in [0.1, 0.15) is 0 Å². The summed E-state index contributed by atoms with van der Waals surface area (Å²) in [6.45, 7) is 12.9. The fourth-order valence-corrected chi connectivity index (χ4v) is 3.31. The molecule has 0 unspecified atom stereocenters. The van der Waals surface area contributed by atoms with Gasteiger partial charge in [-0.3, -0.25) is 0 Å². The molecule has 0 aromatic carbocycles. The molecule has 0 aliphatic carbocycles. The topological polar surface area (TPSA) is 6.48 Å². The number of piperidine rings is 2. The Kier molecular flexibility index (Phi) is 7.92. The largest absolute Gasteiger partial charge is 0.306 e. The van der Waals surface area contributed by atoms with E-state index in [-0.39, 0.29) is 0 Å². The summed E-state index contributed by atoms with van der Waals surface area (Å²) < 4.78 is 0. The van der Waals surface area contributed by atoms with E-state index in [1.54, 1.807) is 0 Å². The SMILES string of the molecule is CC.CCN1CCC(CC2CCN(C)CC2)CC1. The highest BCUT2D eigenvalue weighted by atomic mass is 15.1. The van der Waals surface area contributed by atoms with Crippen LogP contribution in [0.3, 0.4) is 0 Å². The minimum atomic E-state index is 1.04. The van der Waals surface area contributed by atoms with E-state index < -0.39 is 0 Å². The van der Waals surface area contributed by atoms with Crippen molar-refractivity contribution in [1.29, 1.82) is 0 Å². The fourth-order valence-electron chi connectivity index (χ4n) is 3.31. The molecule has 0 aromatic heterocycles. The molecule has 2 rings (SSSR count). The van der Waals surface area contributed by atoms with Crippen LogP contribution in [0.5, 0.6) is 0 Å². The first kappa shape index (κ1) is 16.0. The molecular weight excluding hydrogens is 220 g/mol. The molecule has 0 atom stereocenters. The Balaban J connectivity index is 0.000000771. The van der Waals surface area contributed by atoms with Crippen molar-refractivity contribution in [3.63, 3.8) is 0 Å². The van der Waals surface area contributed by atoms with Crippen molar-refractivity contribution in [1.82, 2.24) is 9.80 Å². The van der Waals surface area contributed by atoms with Crippen LogP contribution in [0.25, 0.3) is 0 Å². The molecule has 108 valence electrons. The third kappa shape index (κ3) is 5.27. The zero-order valence-electron chi connectivity index (χ0n) is 13.1. The van der Waals surface area contributed by atoms with Gasteiger partial charge in [-0.1, -0.05) is 20.8 Å². The van der Waals surface area contributed by atoms with E-state index in [0.29, 0.717) is 0 Å². The van der Waals surface area contributed by atoms with Crippen LogP contribution in [0.4, 0.5) is 0 Å². The highest BCUT2D eigenvalue weighted by Gasteiger charge is 2.23. The Morgan fingerprint density at radius 3 is 1.72 bits per heavy atom. The normalized spacial score (nSPS) is 24.7. The molecule has 2 fully saturated rings. The quantitative estimate of drug-likeness (QED) is 0.761. The molecule has 0 N–H and O–H groups in total. The van der Waals surface area contributed by atoms with E-state index in [9.17, 15) is 0 Å². The lowest BCUT2D eigenvalue weighted by Gasteiger charge is -2.35. The standard InChI is InChI=1S/C14H28N2.C2H6/c1-3-16-10-6-14(7-11-16)12-13-4-8-15(2)9-5-13;1-2/h13-14H,3-12H2,1-2H3;1-2H3. The van der Waals surface area contributed by atoms with E-state index in [4.69, 9.17) is 0 Å². The second kappa shape index (κ2) is 8.92. The minimum absolute atomic E-state index is 1.04. The molecule has 2 aliphatic heterocycles. The first-order valence-corrected chi connectivity index (χ1v) is 8.18. The summed E-state index contributed by atoms with van der Waals surface area (Å²) in [6.07, 6.45) is 7.33. The number of hydrogen-bond donors (Lipinski definition) is 0. The lowest BCUT2D eigenvalue weighted by Crippen LogP contribution is -2.35. The highest BCUT2D eigenvalue weighted by molar-refractivity contribution is 4.77. The van der Waals surface area contributed by atoms with Crippen LogP contribution in [0.1, 0.15) is 52.9 Å². The smallest absolute Gasteiger partial charge is 0.00162 e. The lowest BCUT2D eigenvalue weighted by molar-refractivity contribution is 0.146. The van der Waals surface area contributed by atoms with Gasteiger partial charge in [0.05, 0.1) is 0 Å². The van der Waals surface area contributed by atoms with Crippen molar-refractivity contribution in [3.05, 3.63) is 0 Å². The van der Waals surface area contributed by atoms with Crippen LogP contribution in [0, 0.1) is 11.8 Å². The van der Waals surface area contributed by atoms with Crippen molar-refractivity contribution < 1.29 is 0 Å². The molecule has 0 radical (unpaired) electrons. The molecule has 18 heavy (non-hydrogen) atoms. The summed E-state index contributed by atoms with van der Waals surface area (Å²) in [4.78, 5) is 5.08. The molecule has 0 saturated carbocycles. The molecule has 2 saturated heterocycles. The van der Waals surface area contributed by atoms with Gasteiger partial charge >= 0.3 is 0 Å². The van der Waals surface area contributed by atoms with Crippen LogP contribution in [0.15, 0.2) is 0 Å². The van der Waals surface area contributed by atoms with Crippen LogP contribution in [-0.4, -0.2) is 49.6 Å². The first-order valence-electron chi connectivity index (χ1n) is 8.18. The number of likely N-dealkylation sites (tertiary alicyclic amines) is 2. The van der Waals surface area contributed by atoms with Gasteiger partial charge in [0.15, 0.2) is 0 Å². The summed E-state index contributed by atoms with van der Waals surface area (Å²) in [7, 11) is 2.26. The minimum Gasteiger partial charge on any atom is -0.306 e. The summed E-state index contributed by atoms with van der Waals surface area (Å²) in [5.74, 6) is 2.07. The van der Waals surface area contributed by atoms with Crippen LogP contribution in [0.2, 0.25) is 0 Å². The first-order chi connectivity index (χ1) is 8.78. The summed E-state index contributed by atoms with van der Waals surface area (Å²) >= 11 is 0. The predicted molar refractivity (Wildman–Crippen MR) is 81.0 cm³/mol. The fraction of sp³-hybridized carbons (Fsp3) is 1.00. The molecule has 0 bridgehead atoms. The van der Waals surface area contributed by atoms with Crippen molar-refractivity contribution >= 4 is 0 Å². The van der Waals surface area contributed by atoms with Gasteiger partial charge in [0.2, 0.25) is 0 Å². The van der Waals surface area contributed by atoms with Crippen molar-refractivity contribution in [3.8, 4) is 0 Å². The molecule has 2 heterocycles. The predicted octanol–water partition coefficient (Wildman–Crippen LogP) is 3.48. The molecule has 0 amide bonds. The number of hydrogen-bond acceptors (Lipinski definition) is 2. The second-order valence-corrected chi connectivity index (χ2v) is 5.86. The summed E-state index contributed by atoms with van der Waals surface area (Å²) in [5.41, 5.74) is 0. The maximum Gasteiger partial charge on any atom is -0.00162 e. The molecule has 2 aliphatic rings. The Morgan fingerprint density at radius 1 is 0.833 bits per heavy atom. The zero-order valence-corrected chi connectivity index (χ0v) is 13.1. The lowest BCUT2D eigenvalue weighted by atomic mass is 9.83. The molecule has 2 nitrogen and oxygen atoms in total. The Bertz CT molecular complexity index is 189. The molecule has 0 spiro atoms.